The Kier molecular flexibility index (Phi) is 6.10. The van der Waals surface area contributed by atoms with E-state index in [1.54, 1.807) is 23.9 Å². The fourth-order valence-corrected chi connectivity index (χ4v) is 4.74. The minimum Gasteiger partial charge on any atom is -0.454 e. The second kappa shape index (κ2) is 9.46. The molecule has 31 heavy (non-hydrogen) atoms. The van der Waals surface area contributed by atoms with E-state index in [4.69, 9.17) is 14.5 Å². The number of rotatable bonds is 10. The summed E-state index contributed by atoms with van der Waals surface area (Å²) in [4.78, 5) is 12.4. The molecule has 0 fully saturated rings. The van der Waals surface area contributed by atoms with Crippen LogP contribution in [0.5, 0.6) is 11.5 Å². The van der Waals surface area contributed by atoms with Crippen LogP contribution < -0.4 is 19.7 Å². The van der Waals surface area contributed by atoms with E-state index < -0.39 is 0 Å². The van der Waals surface area contributed by atoms with Crippen LogP contribution in [-0.2, 0) is 13.1 Å². The van der Waals surface area contributed by atoms with Gasteiger partial charge in [0.15, 0.2) is 11.5 Å². The Morgan fingerprint density at radius 2 is 2.16 bits per heavy atom. The Bertz CT molecular complexity index is 1100. The molecule has 4 heterocycles. The smallest absolute Gasteiger partial charge is 0.248 e. The molecule has 0 aliphatic carbocycles. The third-order valence-electron chi connectivity index (χ3n) is 4.88. The summed E-state index contributed by atoms with van der Waals surface area (Å²) in [7, 11) is 0. The molecule has 5 rings (SSSR count). The summed E-state index contributed by atoms with van der Waals surface area (Å²) in [6, 6.07) is 10.3. The van der Waals surface area contributed by atoms with Gasteiger partial charge in [-0.1, -0.05) is 12.1 Å². The number of nitrogens with one attached hydrogen (secondary N) is 1. The maximum absolute atomic E-state index is 5.45. The summed E-state index contributed by atoms with van der Waals surface area (Å²) in [5.41, 5.74) is 1.19. The van der Waals surface area contributed by atoms with E-state index in [1.165, 1.54) is 22.0 Å². The van der Waals surface area contributed by atoms with Crippen molar-refractivity contribution in [2.75, 3.05) is 24.8 Å². The summed E-state index contributed by atoms with van der Waals surface area (Å²) in [6.45, 7) is 3.73. The molecule has 1 aliphatic heterocycles. The number of hydrogen-bond donors (Lipinski definition) is 1. The van der Waals surface area contributed by atoms with Crippen LogP contribution in [0.1, 0.15) is 16.9 Å². The van der Waals surface area contributed by atoms with Crippen molar-refractivity contribution in [3.05, 3.63) is 64.9 Å². The van der Waals surface area contributed by atoms with Gasteiger partial charge >= 0.3 is 0 Å². The first-order valence-corrected chi connectivity index (χ1v) is 11.7. The SMILES string of the molecule is c1csc(CN(CCCNCc2ccc3c(c2)OCO3)c2nc(-n3ccnc3)ns2)c1. The average Bonchev–Trinajstić information content (AvgIpc) is 3.59. The van der Waals surface area contributed by atoms with Crippen LogP contribution in [0.25, 0.3) is 5.95 Å². The van der Waals surface area contributed by atoms with E-state index in [-0.39, 0.29) is 0 Å². The van der Waals surface area contributed by atoms with E-state index in [0.29, 0.717) is 12.7 Å². The number of ether oxygens (including phenoxy) is 2. The van der Waals surface area contributed by atoms with Crippen molar-refractivity contribution in [3.63, 3.8) is 0 Å². The molecule has 8 nitrogen and oxygen atoms in total. The quantitative estimate of drug-likeness (QED) is 0.366. The van der Waals surface area contributed by atoms with Crippen molar-refractivity contribution in [2.24, 2.45) is 0 Å². The third-order valence-corrected chi connectivity index (χ3v) is 6.51. The number of imidazole rings is 1. The van der Waals surface area contributed by atoms with Crippen molar-refractivity contribution in [1.29, 1.82) is 0 Å². The van der Waals surface area contributed by atoms with Gasteiger partial charge in [0.25, 0.3) is 0 Å². The highest BCUT2D eigenvalue weighted by Crippen LogP contribution is 2.32. The molecule has 1 aliphatic rings. The molecule has 160 valence electrons. The van der Waals surface area contributed by atoms with Crippen LogP contribution >= 0.6 is 22.9 Å². The first kappa shape index (κ1) is 20.0. The molecular formula is C21H22N6O2S2. The number of thiophene rings is 1. The Hall–Kier alpha value is -2.95. The number of aromatic nitrogens is 4. The summed E-state index contributed by atoms with van der Waals surface area (Å²) in [6.07, 6.45) is 6.30. The van der Waals surface area contributed by atoms with Gasteiger partial charge in [0, 0.05) is 41.9 Å². The molecule has 0 spiro atoms. The number of benzene rings is 1. The Balaban J connectivity index is 1.17. The Morgan fingerprint density at radius 1 is 1.19 bits per heavy atom. The lowest BCUT2D eigenvalue weighted by atomic mass is 10.2. The highest BCUT2D eigenvalue weighted by Gasteiger charge is 2.15. The molecule has 1 aromatic carbocycles. The second-order valence-electron chi connectivity index (χ2n) is 7.07. The summed E-state index contributed by atoms with van der Waals surface area (Å²) in [5, 5.41) is 6.55. The molecule has 0 atom stereocenters. The van der Waals surface area contributed by atoms with Crippen molar-refractivity contribution < 1.29 is 9.47 Å². The predicted octanol–water partition coefficient (Wildman–Crippen LogP) is 3.70. The lowest BCUT2D eigenvalue weighted by Gasteiger charge is -2.20. The van der Waals surface area contributed by atoms with Crippen molar-refractivity contribution in [1.82, 2.24) is 24.2 Å². The van der Waals surface area contributed by atoms with Crippen LogP contribution in [0.2, 0.25) is 0 Å². The highest BCUT2D eigenvalue weighted by atomic mass is 32.1. The molecule has 0 amide bonds. The molecule has 0 bridgehead atoms. The van der Waals surface area contributed by atoms with Gasteiger partial charge in [0.1, 0.15) is 6.33 Å². The van der Waals surface area contributed by atoms with Gasteiger partial charge in [-0.25, -0.2) is 4.98 Å². The topological polar surface area (TPSA) is 77.3 Å². The maximum Gasteiger partial charge on any atom is 0.248 e. The van der Waals surface area contributed by atoms with Gasteiger partial charge in [-0.3, -0.25) is 4.57 Å². The van der Waals surface area contributed by atoms with Crippen molar-refractivity contribution in [3.8, 4) is 17.4 Å². The van der Waals surface area contributed by atoms with Crippen molar-refractivity contribution >= 4 is 28.0 Å². The largest absolute Gasteiger partial charge is 0.454 e. The van der Waals surface area contributed by atoms with E-state index >= 15 is 0 Å². The lowest BCUT2D eigenvalue weighted by molar-refractivity contribution is 0.174. The third kappa shape index (κ3) is 4.87. The minimum absolute atomic E-state index is 0.306. The van der Waals surface area contributed by atoms with E-state index in [0.717, 1.165) is 49.2 Å². The minimum atomic E-state index is 0.306. The van der Waals surface area contributed by atoms with Gasteiger partial charge in [-0.15, -0.1) is 11.3 Å². The molecule has 0 saturated heterocycles. The molecule has 0 unspecified atom stereocenters. The molecule has 3 aromatic heterocycles. The second-order valence-corrected chi connectivity index (χ2v) is 8.83. The summed E-state index contributed by atoms with van der Waals surface area (Å²) >= 11 is 3.19. The zero-order valence-corrected chi connectivity index (χ0v) is 18.4. The highest BCUT2D eigenvalue weighted by molar-refractivity contribution is 7.10. The van der Waals surface area contributed by atoms with Crippen LogP contribution in [0.4, 0.5) is 5.13 Å². The lowest BCUT2D eigenvalue weighted by Crippen LogP contribution is -2.26. The van der Waals surface area contributed by atoms with Crippen LogP contribution in [0.15, 0.2) is 54.4 Å². The Labute approximate surface area is 188 Å². The van der Waals surface area contributed by atoms with Gasteiger partial charge in [0.05, 0.1) is 6.54 Å². The zero-order valence-electron chi connectivity index (χ0n) is 16.8. The fourth-order valence-electron chi connectivity index (χ4n) is 3.33. The number of nitrogens with zero attached hydrogens (tertiary/aromatic N) is 5. The monoisotopic (exact) mass is 454 g/mol. The molecule has 4 aromatic rings. The number of fused-ring (bicyclic) bond motifs is 1. The average molecular weight is 455 g/mol. The number of hydrogen-bond acceptors (Lipinski definition) is 9. The van der Waals surface area contributed by atoms with E-state index in [1.807, 2.05) is 22.9 Å². The normalized spacial score (nSPS) is 12.4. The van der Waals surface area contributed by atoms with E-state index in [2.05, 4.69) is 43.2 Å². The summed E-state index contributed by atoms with van der Waals surface area (Å²) < 4.78 is 17.2. The first-order chi connectivity index (χ1) is 15.3. The number of anilines is 1. The standard InChI is InChI=1S/C21H22N6O2S2/c1-3-17(30-10-1)13-26(21-24-20(25-31-21)27-9-7-23-14-27)8-2-6-22-12-16-4-5-18-19(11-16)29-15-28-18/h1,3-5,7,9-11,14,22H,2,6,8,12-13,15H2. The Morgan fingerprint density at radius 3 is 3.03 bits per heavy atom. The first-order valence-electron chi connectivity index (χ1n) is 10.0. The van der Waals surface area contributed by atoms with Gasteiger partial charge < -0.3 is 19.7 Å². The molecular weight excluding hydrogens is 432 g/mol. The zero-order chi connectivity index (χ0) is 20.9. The molecule has 0 radical (unpaired) electrons. The predicted molar refractivity (Wildman–Crippen MR) is 121 cm³/mol. The molecule has 0 saturated carbocycles. The van der Waals surface area contributed by atoms with Crippen LogP contribution in [0.3, 0.4) is 0 Å². The van der Waals surface area contributed by atoms with Crippen molar-refractivity contribution in [2.45, 2.75) is 19.5 Å². The summed E-state index contributed by atoms with van der Waals surface area (Å²) in [5.74, 6) is 2.31. The molecule has 10 heteroatoms. The van der Waals surface area contributed by atoms with Gasteiger partial charge in [-0.05, 0) is 42.1 Å². The van der Waals surface area contributed by atoms with Gasteiger partial charge in [0.2, 0.25) is 17.9 Å². The fraction of sp³-hybridized carbons (Fsp3) is 0.286. The molecule has 1 N–H and O–H groups in total. The van der Waals surface area contributed by atoms with Gasteiger partial charge in [-0.2, -0.15) is 9.36 Å². The maximum atomic E-state index is 5.45. The van der Waals surface area contributed by atoms with E-state index in [9.17, 15) is 0 Å². The van der Waals surface area contributed by atoms with Crippen LogP contribution in [-0.4, -0.2) is 38.8 Å². The van der Waals surface area contributed by atoms with Crippen LogP contribution in [0, 0.1) is 0 Å².